The second-order valence-electron chi connectivity index (χ2n) is 5.40. The van der Waals surface area contributed by atoms with Gasteiger partial charge in [-0.1, -0.05) is 25.7 Å². The van der Waals surface area contributed by atoms with Crippen molar-refractivity contribution in [1.29, 1.82) is 0 Å². The maximum atomic E-state index is 3.81. The predicted octanol–water partition coefficient (Wildman–Crippen LogP) is 2.30. The van der Waals surface area contributed by atoms with Gasteiger partial charge >= 0.3 is 0 Å². The van der Waals surface area contributed by atoms with Crippen molar-refractivity contribution in [2.24, 2.45) is 5.92 Å². The van der Waals surface area contributed by atoms with Crippen molar-refractivity contribution in [2.75, 3.05) is 13.1 Å². The molecule has 15 heavy (non-hydrogen) atoms. The molecule has 1 heterocycles. The van der Waals surface area contributed by atoms with Gasteiger partial charge in [-0.15, -0.1) is 0 Å². The second kappa shape index (κ2) is 5.86. The third-order valence-electron chi connectivity index (χ3n) is 4.17. The molecule has 0 amide bonds. The molecule has 2 N–H and O–H groups in total. The SMILES string of the molecule is C[C@@H](NC1CCNC1)C1CCCCCC1. The van der Waals surface area contributed by atoms with E-state index < -0.39 is 0 Å². The Bertz CT molecular complexity index is 167. The molecule has 88 valence electrons. The van der Waals surface area contributed by atoms with Gasteiger partial charge in [0.2, 0.25) is 0 Å². The van der Waals surface area contributed by atoms with Crippen LogP contribution in [0.4, 0.5) is 0 Å². The maximum Gasteiger partial charge on any atom is 0.0207 e. The molecule has 1 aliphatic carbocycles. The van der Waals surface area contributed by atoms with E-state index in [0.717, 1.165) is 18.0 Å². The average Bonchev–Trinajstić information content (AvgIpc) is 2.58. The molecule has 2 nitrogen and oxygen atoms in total. The van der Waals surface area contributed by atoms with Gasteiger partial charge in [0.25, 0.3) is 0 Å². The zero-order valence-corrected chi connectivity index (χ0v) is 10.1. The summed E-state index contributed by atoms with van der Waals surface area (Å²) >= 11 is 0. The Balaban J connectivity index is 1.74. The van der Waals surface area contributed by atoms with E-state index in [1.165, 1.54) is 58.0 Å². The van der Waals surface area contributed by atoms with Crippen LogP contribution in [0.1, 0.15) is 51.9 Å². The fraction of sp³-hybridized carbons (Fsp3) is 1.00. The zero-order valence-electron chi connectivity index (χ0n) is 10.1. The van der Waals surface area contributed by atoms with Gasteiger partial charge in [-0.25, -0.2) is 0 Å². The van der Waals surface area contributed by atoms with Gasteiger partial charge < -0.3 is 10.6 Å². The van der Waals surface area contributed by atoms with E-state index in [4.69, 9.17) is 0 Å². The molecule has 2 fully saturated rings. The van der Waals surface area contributed by atoms with Crippen LogP contribution >= 0.6 is 0 Å². The van der Waals surface area contributed by atoms with Gasteiger partial charge in [-0.05, 0) is 38.6 Å². The maximum absolute atomic E-state index is 3.81. The van der Waals surface area contributed by atoms with Gasteiger partial charge in [0.05, 0.1) is 0 Å². The molecule has 2 heteroatoms. The van der Waals surface area contributed by atoms with E-state index in [0.29, 0.717) is 0 Å². The van der Waals surface area contributed by atoms with Crippen LogP contribution in [0.15, 0.2) is 0 Å². The smallest absolute Gasteiger partial charge is 0.0207 e. The Hall–Kier alpha value is -0.0800. The Morgan fingerprint density at radius 3 is 2.40 bits per heavy atom. The van der Waals surface area contributed by atoms with Crippen LogP contribution in [0.3, 0.4) is 0 Å². The van der Waals surface area contributed by atoms with Crippen molar-refractivity contribution in [3.05, 3.63) is 0 Å². The molecule has 0 aromatic carbocycles. The molecule has 0 spiro atoms. The standard InChI is InChI=1S/C13H26N2/c1-11(15-13-8-9-14-10-13)12-6-4-2-3-5-7-12/h11-15H,2-10H2,1H3/t11-,13?/m1/s1. The first-order valence-electron chi connectivity index (χ1n) is 6.83. The predicted molar refractivity (Wildman–Crippen MR) is 65.1 cm³/mol. The van der Waals surface area contributed by atoms with E-state index in [2.05, 4.69) is 17.6 Å². The number of rotatable bonds is 3. The summed E-state index contributed by atoms with van der Waals surface area (Å²) in [6.07, 6.45) is 10.1. The summed E-state index contributed by atoms with van der Waals surface area (Å²) in [6.45, 7) is 4.78. The lowest BCUT2D eigenvalue weighted by molar-refractivity contribution is 0.314. The summed E-state index contributed by atoms with van der Waals surface area (Å²) in [5.41, 5.74) is 0. The monoisotopic (exact) mass is 210 g/mol. The third-order valence-corrected chi connectivity index (χ3v) is 4.17. The van der Waals surface area contributed by atoms with Crippen LogP contribution in [0.25, 0.3) is 0 Å². The van der Waals surface area contributed by atoms with Gasteiger partial charge in [-0.3, -0.25) is 0 Å². The minimum Gasteiger partial charge on any atom is -0.315 e. The fourth-order valence-corrected chi connectivity index (χ4v) is 3.12. The van der Waals surface area contributed by atoms with Crippen molar-refractivity contribution in [3.8, 4) is 0 Å². The molecule has 1 aliphatic heterocycles. The third kappa shape index (κ3) is 3.46. The lowest BCUT2D eigenvalue weighted by Gasteiger charge is -2.26. The molecular weight excluding hydrogens is 184 g/mol. The quantitative estimate of drug-likeness (QED) is 0.698. The molecule has 0 aromatic heterocycles. The summed E-state index contributed by atoms with van der Waals surface area (Å²) < 4.78 is 0. The highest BCUT2D eigenvalue weighted by atomic mass is 15.0. The Labute approximate surface area is 94.2 Å². The molecule has 2 atom stereocenters. The van der Waals surface area contributed by atoms with Crippen LogP contribution in [0.2, 0.25) is 0 Å². The highest BCUT2D eigenvalue weighted by Crippen LogP contribution is 2.25. The lowest BCUT2D eigenvalue weighted by atomic mass is 9.92. The van der Waals surface area contributed by atoms with Crippen LogP contribution in [-0.2, 0) is 0 Å². The minimum atomic E-state index is 0.730. The molecule has 1 unspecified atom stereocenters. The number of nitrogens with one attached hydrogen (secondary N) is 2. The fourth-order valence-electron chi connectivity index (χ4n) is 3.12. The van der Waals surface area contributed by atoms with E-state index in [9.17, 15) is 0 Å². The normalized spacial score (nSPS) is 31.4. The number of hydrogen-bond donors (Lipinski definition) is 2. The first kappa shape index (κ1) is 11.4. The van der Waals surface area contributed by atoms with Gasteiger partial charge in [-0.2, -0.15) is 0 Å². The Morgan fingerprint density at radius 2 is 1.80 bits per heavy atom. The highest BCUT2D eigenvalue weighted by molar-refractivity contribution is 4.83. The minimum absolute atomic E-state index is 0.730. The number of hydrogen-bond acceptors (Lipinski definition) is 2. The molecule has 2 aliphatic rings. The molecular formula is C13H26N2. The summed E-state index contributed by atoms with van der Waals surface area (Å²) in [6, 6.07) is 1.47. The van der Waals surface area contributed by atoms with Crippen molar-refractivity contribution in [1.82, 2.24) is 10.6 Å². The van der Waals surface area contributed by atoms with Gasteiger partial charge in [0, 0.05) is 18.6 Å². The van der Waals surface area contributed by atoms with Crippen LogP contribution in [-0.4, -0.2) is 25.2 Å². The lowest BCUT2D eigenvalue weighted by Crippen LogP contribution is -2.41. The molecule has 0 radical (unpaired) electrons. The zero-order chi connectivity index (χ0) is 10.5. The Morgan fingerprint density at radius 1 is 1.07 bits per heavy atom. The largest absolute Gasteiger partial charge is 0.315 e. The van der Waals surface area contributed by atoms with E-state index in [1.807, 2.05) is 0 Å². The molecule has 1 saturated carbocycles. The first-order valence-corrected chi connectivity index (χ1v) is 6.83. The Kier molecular flexibility index (Phi) is 4.45. The molecule has 2 rings (SSSR count). The van der Waals surface area contributed by atoms with Crippen LogP contribution < -0.4 is 10.6 Å². The summed E-state index contributed by atoms with van der Waals surface area (Å²) in [7, 11) is 0. The van der Waals surface area contributed by atoms with Crippen LogP contribution in [0.5, 0.6) is 0 Å². The van der Waals surface area contributed by atoms with E-state index in [-0.39, 0.29) is 0 Å². The highest BCUT2D eigenvalue weighted by Gasteiger charge is 2.22. The average molecular weight is 210 g/mol. The van der Waals surface area contributed by atoms with Gasteiger partial charge in [0.1, 0.15) is 0 Å². The molecule has 0 bridgehead atoms. The van der Waals surface area contributed by atoms with Crippen LogP contribution in [0, 0.1) is 5.92 Å². The first-order chi connectivity index (χ1) is 7.36. The molecule has 1 saturated heterocycles. The summed E-state index contributed by atoms with van der Waals surface area (Å²) in [4.78, 5) is 0. The van der Waals surface area contributed by atoms with Crippen molar-refractivity contribution < 1.29 is 0 Å². The second-order valence-corrected chi connectivity index (χ2v) is 5.40. The van der Waals surface area contributed by atoms with E-state index in [1.54, 1.807) is 0 Å². The van der Waals surface area contributed by atoms with Crippen molar-refractivity contribution in [3.63, 3.8) is 0 Å². The van der Waals surface area contributed by atoms with Crippen molar-refractivity contribution >= 4 is 0 Å². The van der Waals surface area contributed by atoms with E-state index >= 15 is 0 Å². The summed E-state index contributed by atoms with van der Waals surface area (Å²) in [5.74, 6) is 0.938. The molecule has 0 aromatic rings. The summed E-state index contributed by atoms with van der Waals surface area (Å²) in [5, 5.41) is 7.24. The topological polar surface area (TPSA) is 24.1 Å². The van der Waals surface area contributed by atoms with Gasteiger partial charge in [0.15, 0.2) is 0 Å². The van der Waals surface area contributed by atoms with Crippen molar-refractivity contribution in [2.45, 2.75) is 64.0 Å².